The van der Waals surface area contributed by atoms with Crippen LogP contribution >= 0.6 is 11.6 Å². The highest BCUT2D eigenvalue weighted by Gasteiger charge is 2.20. The van der Waals surface area contributed by atoms with Crippen LogP contribution in [0.25, 0.3) is 0 Å². The summed E-state index contributed by atoms with van der Waals surface area (Å²) in [5, 5.41) is 0.195. The van der Waals surface area contributed by atoms with Crippen LogP contribution in [0.5, 0.6) is 0 Å². The van der Waals surface area contributed by atoms with Crippen molar-refractivity contribution in [3.05, 3.63) is 29.0 Å². The molecular weight excluding hydrogens is 201 g/mol. The zero-order valence-electron chi connectivity index (χ0n) is 8.13. The summed E-state index contributed by atoms with van der Waals surface area (Å²) in [5.74, 6) is -0.330. The SMILES string of the molecule is C[C@@H]1CCCN1c1ccc(Cl)c(F)c1. The Bertz CT molecular complexity index is 340. The Labute approximate surface area is 88.5 Å². The van der Waals surface area contributed by atoms with Crippen molar-refractivity contribution in [3.8, 4) is 0 Å². The third-order valence-electron chi connectivity index (χ3n) is 2.79. The van der Waals surface area contributed by atoms with Crippen LogP contribution in [-0.2, 0) is 0 Å². The summed E-state index contributed by atoms with van der Waals surface area (Å²) in [6, 6.07) is 5.53. The topological polar surface area (TPSA) is 3.24 Å². The van der Waals surface area contributed by atoms with Gasteiger partial charge in [-0.1, -0.05) is 11.6 Å². The molecule has 1 fully saturated rings. The van der Waals surface area contributed by atoms with Crippen molar-refractivity contribution in [1.82, 2.24) is 0 Å². The minimum absolute atomic E-state index is 0.195. The number of anilines is 1. The summed E-state index contributed by atoms with van der Waals surface area (Å²) in [4.78, 5) is 2.22. The Morgan fingerprint density at radius 3 is 2.86 bits per heavy atom. The number of hydrogen-bond acceptors (Lipinski definition) is 1. The van der Waals surface area contributed by atoms with Crippen molar-refractivity contribution in [2.24, 2.45) is 0 Å². The third-order valence-corrected chi connectivity index (χ3v) is 3.09. The van der Waals surface area contributed by atoms with E-state index in [0.29, 0.717) is 6.04 Å². The van der Waals surface area contributed by atoms with Crippen LogP contribution < -0.4 is 4.90 Å². The number of rotatable bonds is 1. The van der Waals surface area contributed by atoms with Crippen LogP contribution in [-0.4, -0.2) is 12.6 Å². The highest BCUT2D eigenvalue weighted by atomic mass is 35.5. The maximum Gasteiger partial charge on any atom is 0.143 e. The molecule has 76 valence electrons. The quantitative estimate of drug-likeness (QED) is 0.691. The van der Waals surface area contributed by atoms with Gasteiger partial charge in [0.05, 0.1) is 5.02 Å². The molecule has 1 aliphatic heterocycles. The van der Waals surface area contributed by atoms with E-state index in [-0.39, 0.29) is 10.8 Å². The molecule has 1 aliphatic rings. The van der Waals surface area contributed by atoms with Gasteiger partial charge in [-0.2, -0.15) is 0 Å². The Balaban J connectivity index is 2.28. The molecule has 0 aliphatic carbocycles. The molecule has 0 unspecified atom stereocenters. The van der Waals surface area contributed by atoms with Crippen molar-refractivity contribution >= 4 is 17.3 Å². The zero-order valence-corrected chi connectivity index (χ0v) is 8.89. The fraction of sp³-hybridized carbons (Fsp3) is 0.455. The minimum Gasteiger partial charge on any atom is -0.369 e. The van der Waals surface area contributed by atoms with Gasteiger partial charge in [0, 0.05) is 18.3 Å². The van der Waals surface area contributed by atoms with Crippen LogP contribution in [0.15, 0.2) is 18.2 Å². The molecule has 0 bridgehead atoms. The van der Waals surface area contributed by atoms with Gasteiger partial charge in [-0.3, -0.25) is 0 Å². The first kappa shape index (κ1) is 9.78. The van der Waals surface area contributed by atoms with Gasteiger partial charge in [0.1, 0.15) is 5.82 Å². The molecule has 0 aromatic heterocycles. The predicted molar refractivity (Wildman–Crippen MR) is 57.5 cm³/mol. The number of hydrogen-bond donors (Lipinski definition) is 0. The molecule has 1 atom stereocenters. The summed E-state index contributed by atoms with van der Waals surface area (Å²) in [6.07, 6.45) is 2.37. The van der Waals surface area contributed by atoms with Crippen LogP contribution in [0.4, 0.5) is 10.1 Å². The van der Waals surface area contributed by atoms with E-state index in [9.17, 15) is 4.39 Å². The molecule has 0 spiro atoms. The number of benzene rings is 1. The molecule has 3 heteroatoms. The maximum atomic E-state index is 13.2. The highest BCUT2D eigenvalue weighted by molar-refractivity contribution is 6.30. The van der Waals surface area contributed by atoms with Crippen molar-refractivity contribution in [1.29, 1.82) is 0 Å². The van der Waals surface area contributed by atoms with Crippen molar-refractivity contribution in [2.75, 3.05) is 11.4 Å². The van der Waals surface area contributed by atoms with E-state index in [0.717, 1.165) is 12.2 Å². The van der Waals surface area contributed by atoms with Crippen LogP contribution in [0, 0.1) is 5.82 Å². The minimum atomic E-state index is -0.330. The molecule has 0 saturated carbocycles. The first-order valence-electron chi connectivity index (χ1n) is 4.90. The van der Waals surface area contributed by atoms with Gasteiger partial charge in [0.15, 0.2) is 0 Å². The summed E-state index contributed by atoms with van der Waals surface area (Å²) < 4.78 is 13.2. The Hall–Kier alpha value is -0.760. The van der Waals surface area contributed by atoms with Crippen molar-refractivity contribution in [3.63, 3.8) is 0 Å². The maximum absolute atomic E-state index is 13.2. The van der Waals surface area contributed by atoms with Crippen LogP contribution in [0.2, 0.25) is 5.02 Å². The lowest BCUT2D eigenvalue weighted by molar-refractivity contribution is 0.626. The van der Waals surface area contributed by atoms with Gasteiger partial charge < -0.3 is 4.90 Å². The predicted octanol–water partition coefficient (Wildman–Crippen LogP) is 3.47. The van der Waals surface area contributed by atoms with E-state index >= 15 is 0 Å². The largest absolute Gasteiger partial charge is 0.369 e. The van der Waals surface area contributed by atoms with Crippen molar-refractivity contribution < 1.29 is 4.39 Å². The molecule has 0 N–H and O–H groups in total. The number of halogens is 2. The molecule has 14 heavy (non-hydrogen) atoms. The Morgan fingerprint density at radius 2 is 2.29 bits per heavy atom. The van der Waals surface area contributed by atoms with E-state index in [1.54, 1.807) is 6.07 Å². The highest BCUT2D eigenvalue weighted by Crippen LogP contribution is 2.27. The number of nitrogens with zero attached hydrogens (tertiary/aromatic N) is 1. The Morgan fingerprint density at radius 1 is 1.50 bits per heavy atom. The van der Waals surface area contributed by atoms with E-state index in [1.807, 2.05) is 6.07 Å². The molecular formula is C11H13ClFN. The average Bonchev–Trinajstić information content (AvgIpc) is 2.57. The molecule has 0 amide bonds. The first-order valence-corrected chi connectivity index (χ1v) is 5.28. The van der Waals surface area contributed by atoms with E-state index < -0.39 is 0 Å². The standard InChI is InChI=1S/C11H13ClFN/c1-8-3-2-6-14(8)9-4-5-10(12)11(13)7-9/h4-5,7-8H,2-3,6H2,1H3/t8-/m1/s1. The fourth-order valence-corrected chi connectivity index (χ4v) is 2.10. The summed E-state index contributed by atoms with van der Waals surface area (Å²) in [7, 11) is 0. The second-order valence-electron chi connectivity index (χ2n) is 3.78. The molecule has 2 rings (SSSR count). The average molecular weight is 214 g/mol. The monoisotopic (exact) mass is 213 g/mol. The smallest absolute Gasteiger partial charge is 0.143 e. The third kappa shape index (κ3) is 1.71. The molecule has 0 radical (unpaired) electrons. The Kier molecular flexibility index (Phi) is 2.64. The summed E-state index contributed by atoms with van der Waals surface area (Å²) >= 11 is 5.63. The van der Waals surface area contributed by atoms with Crippen LogP contribution in [0.1, 0.15) is 19.8 Å². The second-order valence-corrected chi connectivity index (χ2v) is 4.19. The van der Waals surface area contributed by atoms with Gasteiger partial charge in [0.25, 0.3) is 0 Å². The molecule has 1 aromatic rings. The first-order chi connectivity index (χ1) is 6.68. The van der Waals surface area contributed by atoms with E-state index in [4.69, 9.17) is 11.6 Å². The van der Waals surface area contributed by atoms with Gasteiger partial charge in [-0.05, 0) is 38.0 Å². The molecule has 1 aromatic carbocycles. The van der Waals surface area contributed by atoms with E-state index in [1.165, 1.54) is 18.9 Å². The molecule has 1 heterocycles. The lowest BCUT2D eigenvalue weighted by Gasteiger charge is -2.23. The fourth-order valence-electron chi connectivity index (χ4n) is 1.98. The van der Waals surface area contributed by atoms with Gasteiger partial charge >= 0.3 is 0 Å². The van der Waals surface area contributed by atoms with Crippen LogP contribution in [0.3, 0.4) is 0 Å². The van der Waals surface area contributed by atoms with Gasteiger partial charge in [0.2, 0.25) is 0 Å². The van der Waals surface area contributed by atoms with E-state index in [2.05, 4.69) is 11.8 Å². The summed E-state index contributed by atoms with van der Waals surface area (Å²) in [6.45, 7) is 3.18. The van der Waals surface area contributed by atoms with Gasteiger partial charge in [-0.15, -0.1) is 0 Å². The van der Waals surface area contributed by atoms with Crippen molar-refractivity contribution in [2.45, 2.75) is 25.8 Å². The molecule has 1 saturated heterocycles. The van der Waals surface area contributed by atoms with Gasteiger partial charge in [-0.25, -0.2) is 4.39 Å². The lowest BCUT2D eigenvalue weighted by Crippen LogP contribution is -2.26. The zero-order chi connectivity index (χ0) is 10.1. The summed E-state index contributed by atoms with van der Waals surface area (Å²) in [5.41, 5.74) is 0.942. The second kappa shape index (κ2) is 3.77. The normalized spacial score (nSPS) is 21.6. The lowest BCUT2D eigenvalue weighted by atomic mass is 10.2. The molecule has 1 nitrogen and oxygen atoms in total.